The topological polar surface area (TPSA) is 58.6 Å². The molecule has 4 heteroatoms. The highest BCUT2D eigenvalue weighted by Gasteiger charge is 2.17. The first-order valence-corrected chi connectivity index (χ1v) is 5.78. The summed E-state index contributed by atoms with van der Waals surface area (Å²) in [5, 5.41) is 12.0. The van der Waals surface area contributed by atoms with Gasteiger partial charge in [-0.05, 0) is 25.7 Å². The number of ether oxygens (including phenoxy) is 1. The summed E-state index contributed by atoms with van der Waals surface area (Å²) in [5.74, 6) is -0.0191. The fraction of sp³-hybridized carbons (Fsp3) is 0.909. The van der Waals surface area contributed by atoms with E-state index in [9.17, 15) is 9.90 Å². The SMILES string of the molecule is CCC(O)CNC(=O)CC1CCCCO1. The van der Waals surface area contributed by atoms with Crippen LogP contribution in [0, 0.1) is 0 Å². The molecule has 1 heterocycles. The van der Waals surface area contributed by atoms with Gasteiger partial charge in [0.15, 0.2) is 0 Å². The minimum Gasteiger partial charge on any atom is -0.391 e. The molecule has 0 radical (unpaired) electrons. The minimum atomic E-state index is -0.429. The van der Waals surface area contributed by atoms with Crippen LogP contribution in [-0.4, -0.2) is 36.4 Å². The Morgan fingerprint density at radius 1 is 1.60 bits per heavy atom. The lowest BCUT2D eigenvalue weighted by atomic mass is 10.1. The molecule has 1 saturated heterocycles. The highest BCUT2D eigenvalue weighted by molar-refractivity contribution is 5.76. The van der Waals surface area contributed by atoms with E-state index >= 15 is 0 Å². The van der Waals surface area contributed by atoms with Gasteiger partial charge in [-0.2, -0.15) is 0 Å². The molecule has 4 nitrogen and oxygen atoms in total. The number of carbonyl (C=O) groups is 1. The van der Waals surface area contributed by atoms with E-state index in [-0.39, 0.29) is 12.0 Å². The molecule has 1 amide bonds. The van der Waals surface area contributed by atoms with Crippen LogP contribution in [0.5, 0.6) is 0 Å². The van der Waals surface area contributed by atoms with Crippen LogP contribution >= 0.6 is 0 Å². The zero-order valence-corrected chi connectivity index (χ0v) is 9.37. The van der Waals surface area contributed by atoms with Crippen LogP contribution in [0.2, 0.25) is 0 Å². The Morgan fingerprint density at radius 3 is 3.00 bits per heavy atom. The molecule has 0 saturated carbocycles. The predicted molar refractivity (Wildman–Crippen MR) is 57.5 cm³/mol. The summed E-state index contributed by atoms with van der Waals surface area (Å²) in [6.07, 6.45) is 3.97. The molecule has 2 unspecified atom stereocenters. The molecule has 15 heavy (non-hydrogen) atoms. The van der Waals surface area contributed by atoms with Crippen molar-refractivity contribution in [2.24, 2.45) is 0 Å². The van der Waals surface area contributed by atoms with E-state index in [2.05, 4.69) is 5.32 Å². The van der Waals surface area contributed by atoms with Gasteiger partial charge in [-0.25, -0.2) is 0 Å². The third kappa shape index (κ3) is 5.14. The number of hydrogen-bond donors (Lipinski definition) is 2. The number of nitrogens with one attached hydrogen (secondary N) is 1. The van der Waals surface area contributed by atoms with Gasteiger partial charge in [0, 0.05) is 13.2 Å². The lowest BCUT2D eigenvalue weighted by molar-refractivity contribution is -0.125. The van der Waals surface area contributed by atoms with Crippen molar-refractivity contribution < 1.29 is 14.6 Å². The Hall–Kier alpha value is -0.610. The molecule has 1 aliphatic rings. The molecule has 0 aromatic carbocycles. The van der Waals surface area contributed by atoms with E-state index in [1.807, 2.05) is 6.92 Å². The van der Waals surface area contributed by atoms with Gasteiger partial charge in [0.2, 0.25) is 5.91 Å². The maximum absolute atomic E-state index is 11.4. The molecule has 2 N–H and O–H groups in total. The number of aliphatic hydroxyl groups excluding tert-OH is 1. The van der Waals surface area contributed by atoms with Gasteiger partial charge >= 0.3 is 0 Å². The Labute approximate surface area is 91.0 Å². The van der Waals surface area contributed by atoms with E-state index in [1.165, 1.54) is 0 Å². The van der Waals surface area contributed by atoms with Gasteiger partial charge in [0.25, 0.3) is 0 Å². The van der Waals surface area contributed by atoms with Crippen molar-refractivity contribution in [3.8, 4) is 0 Å². The lowest BCUT2D eigenvalue weighted by Gasteiger charge is -2.22. The molecule has 0 aliphatic carbocycles. The van der Waals surface area contributed by atoms with Crippen LogP contribution in [0.3, 0.4) is 0 Å². The fourth-order valence-corrected chi connectivity index (χ4v) is 1.62. The summed E-state index contributed by atoms with van der Waals surface area (Å²) in [7, 11) is 0. The minimum absolute atomic E-state index is 0.0191. The molecule has 0 aromatic rings. The van der Waals surface area contributed by atoms with Gasteiger partial charge in [-0.15, -0.1) is 0 Å². The van der Waals surface area contributed by atoms with Gasteiger partial charge in [-0.3, -0.25) is 4.79 Å². The molecule has 0 bridgehead atoms. The van der Waals surface area contributed by atoms with Crippen molar-refractivity contribution >= 4 is 5.91 Å². The zero-order valence-electron chi connectivity index (χ0n) is 9.37. The molecular weight excluding hydrogens is 194 g/mol. The van der Waals surface area contributed by atoms with Crippen molar-refractivity contribution in [3.05, 3.63) is 0 Å². The predicted octanol–water partition coefficient (Wildman–Crippen LogP) is 0.833. The smallest absolute Gasteiger partial charge is 0.222 e. The van der Waals surface area contributed by atoms with Crippen LogP contribution in [0.4, 0.5) is 0 Å². The second kappa shape index (κ2) is 6.80. The summed E-state index contributed by atoms with van der Waals surface area (Å²) < 4.78 is 5.46. The highest BCUT2D eigenvalue weighted by atomic mass is 16.5. The maximum Gasteiger partial charge on any atom is 0.222 e. The molecule has 1 rings (SSSR count). The van der Waals surface area contributed by atoms with Gasteiger partial charge in [0.1, 0.15) is 0 Å². The lowest BCUT2D eigenvalue weighted by Crippen LogP contribution is -2.35. The number of aliphatic hydroxyl groups is 1. The first-order chi connectivity index (χ1) is 7.22. The van der Waals surface area contributed by atoms with Crippen molar-refractivity contribution in [2.75, 3.05) is 13.2 Å². The van der Waals surface area contributed by atoms with E-state index in [0.717, 1.165) is 25.9 Å². The van der Waals surface area contributed by atoms with Crippen LogP contribution in [0.15, 0.2) is 0 Å². The molecular formula is C11H21NO3. The molecule has 1 fully saturated rings. The van der Waals surface area contributed by atoms with E-state index < -0.39 is 6.10 Å². The number of carbonyl (C=O) groups excluding carboxylic acids is 1. The second-order valence-electron chi connectivity index (χ2n) is 4.06. The summed E-state index contributed by atoms with van der Waals surface area (Å²) in [6.45, 7) is 3.01. The van der Waals surface area contributed by atoms with Crippen LogP contribution < -0.4 is 5.32 Å². The summed E-state index contributed by atoms with van der Waals surface area (Å²) in [4.78, 5) is 11.4. The molecule has 88 valence electrons. The Balaban J connectivity index is 2.11. The number of hydrogen-bond acceptors (Lipinski definition) is 3. The van der Waals surface area contributed by atoms with E-state index in [1.54, 1.807) is 0 Å². The summed E-state index contributed by atoms with van der Waals surface area (Å²) in [5.41, 5.74) is 0. The van der Waals surface area contributed by atoms with E-state index in [0.29, 0.717) is 19.4 Å². The standard InChI is InChI=1S/C11H21NO3/c1-2-9(13)8-12-11(14)7-10-5-3-4-6-15-10/h9-10,13H,2-8H2,1H3,(H,12,14). The first-order valence-electron chi connectivity index (χ1n) is 5.78. The van der Waals surface area contributed by atoms with Crippen LogP contribution in [0.1, 0.15) is 39.0 Å². The molecule has 0 aromatic heterocycles. The quantitative estimate of drug-likeness (QED) is 0.714. The Morgan fingerprint density at radius 2 is 2.40 bits per heavy atom. The monoisotopic (exact) mass is 215 g/mol. The maximum atomic E-state index is 11.4. The normalized spacial score (nSPS) is 23.5. The van der Waals surface area contributed by atoms with Crippen molar-refractivity contribution in [2.45, 2.75) is 51.2 Å². The Kier molecular flexibility index (Phi) is 5.65. The molecule has 0 spiro atoms. The van der Waals surface area contributed by atoms with Crippen molar-refractivity contribution in [1.82, 2.24) is 5.32 Å². The number of amides is 1. The van der Waals surface area contributed by atoms with Crippen molar-refractivity contribution in [3.63, 3.8) is 0 Å². The second-order valence-corrected chi connectivity index (χ2v) is 4.06. The number of rotatable bonds is 5. The highest BCUT2D eigenvalue weighted by Crippen LogP contribution is 2.15. The van der Waals surface area contributed by atoms with Gasteiger partial charge in [0.05, 0.1) is 18.6 Å². The third-order valence-corrected chi connectivity index (χ3v) is 2.69. The summed E-state index contributed by atoms with van der Waals surface area (Å²) in [6, 6.07) is 0. The molecule has 2 atom stereocenters. The van der Waals surface area contributed by atoms with Gasteiger partial charge in [-0.1, -0.05) is 6.92 Å². The average molecular weight is 215 g/mol. The first kappa shape index (κ1) is 12.5. The average Bonchev–Trinajstić information content (AvgIpc) is 2.27. The Bertz CT molecular complexity index is 190. The van der Waals surface area contributed by atoms with Gasteiger partial charge < -0.3 is 15.2 Å². The fourth-order valence-electron chi connectivity index (χ4n) is 1.62. The van der Waals surface area contributed by atoms with Crippen LogP contribution in [0.25, 0.3) is 0 Å². The largest absolute Gasteiger partial charge is 0.391 e. The van der Waals surface area contributed by atoms with Crippen molar-refractivity contribution in [1.29, 1.82) is 0 Å². The zero-order chi connectivity index (χ0) is 11.1. The summed E-state index contributed by atoms with van der Waals surface area (Å²) >= 11 is 0. The van der Waals surface area contributed by atoms with E-state index in [4.69, 9.17) is 4.74 Å². The third-order valence-electron chi connectivity index (χ3n) is 2.69. The molecule has 1 aliphatic heterocycles. The van der Waals surface area contributed by atoms with Crippen LogP contribution in [-0.2, 0) is 9.53 Å².